The second kappa shape index (κ2) is 5.70. The number of benzene rings is 1. The summed E-state index contributed by atoms with van der Waals surface area (Å²) >= 11 is 0. The maximum absolute atomic E-state index is 12.9. The quantitative estimate of drug-likeness (QED) is 0.774. The van der Waals surface area contributed by atoms with E-state index in [9.17, 15) is 13.6 Å². The Morgan fingerprint density at radius 2 is 1.88 bits per heavy atom. The van der Waals surface area contributed by atoms with Crippen molar-refractivity contribution in [2.75, 3.05) is 7.11 Å². The summed E-state index contributed by atoms with van der Waals surface area (Å²) < 4.78 is 30.7. The van der Waals surface area contributed by atoms with Crippen molar-refractivity contribution in [1.29, 1.82) is 0 Å². The number of carbonyl (C=O) groups is 1. The van der Waals surface area contributed by atoms with E-state index in [1.54, 1.807) is 0 Å². The Balaban J connectivity index is 2.76. The summed E-state index contributed by atoms with van der Waals surface area (Å²) in [5, 5.41) is 0. The molecule has 88 valence electrons. The average Bonchev–Trinajstić information content (AvgIpc) is 2.17. The number of rotatable bonds is 5. The Labute approximate surface area is 93.2 Å². The smallest absolute Gasteiger partial charge is 0.165 e. The zero-order valence-electron chi connectivity index (χ0n) is 9.30. The van der Waals surface area contributed by atoms with Crippen LogP contribution in [-0.2, 0) is 16.0 Å². The minimum absolute atomic E-state index is 0.0129. The topological polar surface area (TPSA) is 26.3 Å². The number of methoxy groups -OCH3 is 1. The highest BCUT2D eigenvalue weighted by Crippen LogP contribution is 2.11. The molecule has 2 nitrogen and oxygen atoms in total. The van der Waals surface area contributed by atoms with E-state index in [-0.39, 0.29) is 12.2 Å². The lowest BCUT2D eigenvalue weighted by Gasteiger charge is -2.11. The monoisotopic (exact) mass is 228 g/mol. The summed E-state index contributed by atoms with van der Waals surface area (Å²) in [4.78, 5) is 11.6. The minimum atomic E-state index is -0.673. The van der Waals surface area contributed by atoms with Gasteiger partial charge < -0.3 is 4.74 Å². The van der Waals surface area contributed by atoms with Crippen molar-refractivity contribution in [2.45, 2.75) is 25.9 Å². The highest BCUT2D eigenvalue weighted by atomic mass is 19.1. The zero-order chi connectivity index (χ0) is 12.1. The predicted octanol–water partition coefficient (Wildman–Crippen LogP) is 2.50. The fraction of sp³-hybridized carbons (Fsp3) is 0.417. The third-order valence-electron chi connectivity index (χ3n) is 2.32. The number of Topliss-reactive ketones (excluding diaryl/α,β-unsaturated/α-hetero) is 1. The molecular weight excluding hydrogens is 214 g/mol. The lowest BCUT2D eigenvalue weighted by molar-refractivity contribution is -0.128. The molecule has 0 saturated carbocycles. The van der Waals surface area contributed by atoms with Crippen LogP contribution in [-0.4, -0.2) is 19.0 Å². The van der Waals surface area contributed by atoms with Crippen molar-refractivity contribution in [3.8, 4) is 0 Å². The van der Waals surface area contributed by atoms with Crippen LogP contribution in [0.4, 0.5) is 8.78 Å². The van der Waals surface area contributed by atoms with Gasteiger partial charge in [-0.05, 0) is 24.1 Å². The fourth-order valence-electron chi connectivity index (χ4n) is 1.55. The average molecular weight is 228 g/mol. The van der Waals surface area contributed by atoms with Gasteiger partial charge in [-0.1, -0.05) is 6.92 Å². The molecule has 0 fully saturated rings. The molecule has 0 saturated heterocycles. The van der Waals surface area contributed by atoms with Crippen LogP contribution in [0.1, 0.15) is 18.9 Å². The van der Waals surface area contributed by atoms with E-state index in [4.69, 9.17) is 4.74 Å². The molecule has 0 aliphatic rings. The summed E-state index contributed by atoms with van der Waals surface area (Å²) in [6.45, 7) is 1.82. The Kier molecular flexibility index (Phi) is 4.55. The molecule has 0 aromatic heterocycles. The van der Waals surface area contributed by atoms with Crippen molar-refractivity contribution < 1.29 is 18.3 Å². The number of hydrogen-bond donors (Lipinski definition) is 0. The molecule has 0 amide bonds. The van der Waals surface area contributed by atoms with Gasteiger partial charge in [0.2, 0.25) is 0 Å². The summed E-state index contributed by atoms with van der Waals surface area (Å²) in [7, 11) is 1.44. The summed E-state index contributed by atoms with van der Waals surface area (Å²) in [6, 6.07) is 3.09. The SMILES string of the molecule is CCC(OC)C(=O)Cc1cc(F)cc(F)c1. The van der Waals surface area contributed by atoms with Crippen LogP contribution in [0.25, 0.3) is 0 Å². The van der Waals surface area contributed by atoms with Crippen molar-refractivity contribution in [1.82, 2.24) is 0 Å². The largest absolute Gasteiger partial charge is 0.374 e. The van der Waals surface area contributed by atoms with E-state index < -0.39 is 17.7 Å². The first kappa shape index (κ1) is 12.8. The van der Waals surface area contributed by atoms with E-state index in [1.807, 2.05) is 6.92 Å². The van der Waals surface area contributed by atoms with Crippen LogP contribution in [0.2, 0.25) is 0 Å². The van der Waals surface area contributed by atoms with Gasteiger partial charge >= 0.3 is 0 Å². The second-order valence-electron chi connectivity index (χ2n) is 3.55. The van der Waals surface area contributed by atoms with Gasteiger partial charge in [-0.3, -0.25) is 4.79 Å². The van der Waals surface area contributed by atoms with Gasteiger partial charge in [0.15, 0.2) is 5.78 Å². The lowest BCUT2D eigenvalue weighted by Crippen LogP contribution is -2.23. The molecule has 1 unspecified atom stereocenters. The Morgan fingerprint density at radius 1 is 1.31 bits per heavy atom. The maximum Gasteiger partial charge on any atom is 0.165 e. The van der Waals surface area contributed by atoms with E-state index >= 15 is 0 Å². The van der Waals surface area contributed by atoms with Crippen LogP contribution in [0, 0.1) is 11.6 Å². The lowest BCUT2D eigenvalue weighted by atomic mass is 10.0. The van der Waals surface area contributed by atoms with Gasteiger partial charge in [-0.25, -0.2) is 8.78 Å². The fourth-order valence-corrected chi connectivity index (χ4v) is 1.55. The zero-order valence-corrected chi connectivity index (χ0v) is 9.30. The first-order valence-electron chi connectivity index (χ1n) is 5.07. The van der Waals surface area contributed by atoms with Crippen molar-refractivity contribution in [3.63, 3.8) is 0 Å². The Bertz CT molecular complexity index is 353. The van der Waals surface area contributed by atoms with Crippen molar-refractivity contribution in [2.24, 2.45) is 0 Å². The minimum Gasteiger partial charge on any atom is -0.374 e. The molecule has 0 heterocycles. The molecular formula is C12H14F2O2. The van der Waals surface area contributed by atoms with Crippen LogP contribution in [0.5, 0.6) is 0 Å². The molecule has 0 spiro atoms. The van der Waals surface area contributed by atoms with Gasteiger partial charge in [-0.2, -0.15) is 0 Å². The number of ketones is 1. The third kappa shape index (κ3) is 3.38. The number of halogens is 2. The second-order valence-corrected chi connectivity index (χ2v) is 3.55. The molecule has 4 heteroatoms. The first-order valence-corrected chi connectivity index (χ1v) is 5.07. The predicted molar refractivity (Wildman–Crippen MR) is 56.2 cm³/mol. The number of ether oxygens (including phenoxy) is 1. The summed E-state index contributed by atoms with van der Waals surface area (Å²) in [5.41, 5.74) is 0.331. The van der Waals surface area contributed by atoms with Crippen LogP contribution < -0.4 is 0 Å². The molecule has 0 aliphatic carbocycles. The summed E-state index contributed by atoms with van der Waals surface area (Å²) in [5.74, 6) is -1.52. The normalized spacial score (nSPS) is 12.5. The third-order valence-corrected chi connectivity index (χ3v) is 2.32. The summed E-state index contributed by atoms with van der Waals surface area (Å²) in [6.07, 6.45) is 0.0278. The molecule has 0 aliphatic heterocycles. The van der Waals surface area contributed by atoms with E-state index in [1.165, 1.54) is 7.11 Å². The van der Waals surface area contributed by atoms with Crippen molar-refractivity contribution in [3.05, 3.63) is 35.4 Å². The molecule has 1 rings (SSSR count). The molecule has 1 aromatic carbocycles. The van der Waals surface area contributed by atoms with Crippen molar-refractivity contribution >= 4 is 5.78 Å². The Morgan fingerprint density at radius 3 is 2.31 bits per heavy atom. The van der Waals surface area contributed by atoms with E-state index in [0.29, 0.717) is 12.0 Å². The van der Waals surface area contributed by atoms with Gasteiger partial charge in [0.05, 0.1) is 0 Å². The highest BCUT2D eigenvalue weighted by molar-refractivity contribution is 5.85. The van der Waals surface area contributed by atoms with Gasteiger partial charge in [-0.15, -0.1) is 0 Å². The number of carbonyl (C=O) groups excluding carboxylic acids is 1. The van der Waals surface area contributed by atoms with E-state index in [0.717, 1.165) is 18.2 Å². The highest BCUT2D eigenvalue weighted by Gasteiger charge is 2.16. The van der Waals surface area contributed by atoms with Crippen LogP contribution in [0.3, 0.4) is 0 Å². The molecule has 16 heavy (non-hydrogen) atoms. The molecule has 0 bridgehead atoms. The van der Waals surface area contributed by atoms with Gasteiger partial charge in [0, 0.05) is 19.6 Å². The number of hydrogen-bond acceptors (Lipinski definition) is 2. The maximum atomic E-state index is 12.9. The molecule has 1 aromatic rings. The van der Waals surface area contributed by atoms with Gasteiger partial charge in [0.1, 0.15) is 17.7 Å². The first-order chi connectivity index (χ1) is 7.56. The van der Waals surface area contributed by atoms with E-state index in [2.05, 4.69) is 0 Å². The molecule has 1 atom stereocenters. The van der Waals surface area contributed by atoms with Crippen LogP contribution >= 0.6 is 0 Å². The molecule has 0 radical (unpaired) electrons. The Hall–Kier alpha value is -1.29. The standard InChI is InChI=1S/C12H14F2O2/c1-3-12(16-2)11(15)6-8-4-9(13)7-10(14)5-8/h4-5,7,12H,3,6H2,1-2H3. The van der Waals surface area contributed by atoms with Gasteiger partial charge in [0.25, 0.3) is 0 Å². The van der Waals surface area contributed by atoms with Crippen LogP contribution in [0.15, 0.2) is 18.2 Å². The molecule has 0 N–H and O–H groups in total.